The molecule has 0 bridgehead atoms. The summed E-state index contributed by atoms with van der Waals surface area (Å²) in [6.45, 7) is 7.14. The molecule has 1 unspecified atom stereocenters. The van der Waals surface area contributed by atoms with Gasteiger partial charge in [0.15, 0.2) is 5.54 Å². The van der Waals surface area contributed by atoms with Gasteiger partial charge in [0, 0.05) is 10.4 Å². The van der Waals surface area contributed by atoms with E-state index in [1.54, 1.807) is 13.0 Å². The Labute approximate surface area is 133 Å². The number of carbonyl (C=O) groups is 3. The second kappa shape index (κ2) is 5.72. The number of nitrogens with zero attached hydrogens (tertiary/aromatic N) is 1. The van der Waals surface area contributed by atoms with Crippen molar-refractivity contribution >= 4 is 29.2 Å². The quantitative estimate of drug-likeness (QED) is 0.811. The molecule has 1 aliphatic heterocycles. The summed E-state index contributed by atoms with van der Waals surface area (Å²) in [7, 11) is 0. The highest BCUT2D eigenvalue weighted by atomic mass is 32.1. The molecule has 1 atom stereocenters. The molecule has 4 amide bonds. The maximum Gasteiger partial charge on any atom is 0.325 e. The average molecular weight is 323 g/mol. The van der Waals surface area contributed by atoms with Crippen LogP contribution in [0.25, 0.3) is 0 Å². The lowest BCUT2D eigenvalue weighted by atomic mass is 10.0. The van der Waals surface area contributed by atoms with Crippen LogP contribution in [0.3, 0.4) is 0 Å². The standard InChI is InChI=1S/C15H21N3O3S/c1-5-14(2,3)16-11(19)9-18-12(20)15(4,17-13(18)21)10-7-6-8-22-10/h6-8H,5,9H2,1-4H3,(H,16,19)(H,17,21). The Bertz CT molecular complexity index is 597. The van der Waals surface area contributed by atoms with Crippen molar-refractivity contribution in [2.24, 2.45) is 0 Å². The predicted molar refractivity (Wildman–Crippen MR) is 84.4 cm³/mol. The maximum absolute atomic E-state index is 12.6. The number of imide groups is 1. The van der Waals surface area contributed by atoms with Gasteiger partial charge in [-0.25, -0.2) is 4.79 Å². The fourth-order valence-corrected chi connectivity index (χ4v) is 3.05. The number of carbonyl (C=O) groups excluding carboxylic acids is 3. The molecule has 0 aliphatic carbocycles. The first-order valence-electron chi connectivity index (χ1n) is 7.19. The molecule has 0 aromatic carbocycles. The third-order valence-corrected chi connectivity index (χ3v) is 5.04. The maximum atomic E-state index is 12.6. The van der Waals surface area contributed by atoms with Crippen LogP contribution >= 0.6 is 11.3 Å². The van der Waals surface area contributed by atoms with Gasteiger partial charge in [-0.3, -0.25) is 14.5 Å². The Hall–Kier alpha value is -1.89. The molecular weight excluding hydrogens is 302 g/mol. The van der Waals surface area contributed by atoms with Gasteiger partial charge in [0.25, 0.3) is 5.91 Å². The smallest absolute Gasteiger partial charge is 0.325 e. The minimum absolute atomic E-state index is 0.269. The molecule has 0 saturated carbocycles. The highest BCUT2D eigenvalue weighted by Gasteiger charge is 2.50. The minimum Gasteiger partial charge on any atom is -0.350 e. The van der Waals surface area contributed by atoms with E-state index in [0.29, 0.717) is 0 Å². The summed E-state index contributed by atoms with van der Waals surface area (Å²) in [4.78, 5) is 38.5. The number of amides is 4. The Balaban J connectivity index is 2.12. The zero-order chi connectivity index (χ0) is 16.5. The largest absolute Gasteiger partial charge is 0.350 e. The first kappa shape index (κ1) is 16.5. The van der Waals surface area contributed by atoms with Crippen molar-refractivity contribution in [3.8, 4) is 0 Å². The van der Waals surface area contributed by atoms with Crippen LogP contribution in [-0.2, 0) is 15.1 Å². The fourth-order valence-electron chi connectivity index (χ4n) is 2.22. The summed E-state index contributed by atoms with van der Waals surface area (Å²) in [6, 6.07) is 3.08. The highest BCUT2D eigenvalue weighted by molar-refractivity contribution is 7.10. The first-order valence-corrected chi connectivity index (χ1v) is 8.06. The van der Waals surface area contributed by atoms with Gasteiger partial charge < -0.3 is 10.6 Å². The van der Waals surface area contributed by atoms with Crippen LogP contribution in [0.1, 0.15) is 39.0 Å². The summed E-state index contributed by atoms with van der Waals surface area (Å²) >= 11 is 1.40. The molecule has 1 aliphatic rings. The van der Waals surface area contributed by atoms with Crippen LogP contribution in [0.4, 0.5) is 4.79 Å². The molecule has 7 heteroatoms. The van der Waals surface area contributed by atoms with E-state index in [-0.39, 0.29) is 18.0 Å². The van der Waals surface area contributed by atoms with E-state index in [9.17, 15) is 14.4 Å². The molecule has 1 saturated heterocycles. The third kappa shape index (κ3) is 2.99. The molecule has 2 N–H and O–H groups in total. The van der Waals surface area contributed by atoms with Crippen molar-refractivity contribution in [3.63, 3.8) is 0 Å². The van der Waals surface area contributed by atoms with Gasteiger partial charge in [-0.15, -0.1) is 11.3 Å². The fraction of sp³-hybridized carbons (Fsp3) is 0.533. The number of thiophene rings is 1. The zero-order valence-corrected chi connectivity index (χ0v) is 14.0. The summed E-state index contributed by atoms with van der Waals surface area (Å²) in [5, 5.41) is 7.35. The number of urea groups is 1. The lowest BCUT2D eigenvalue weighted by molar-refractivity contribution is -0.135. The highest BCUT2D eigenvalue weighted by Crippen LogP contribution is 2.31. The van der Waals surface area contributed by atoms with Gasteiger partial charge in [0.05, 0.1) is 0 Å². The first-order chi connectivity index (χ1) is 10.2. The molecule has 0 spiro atoms. The topological polar surface area (TPSA) is 78.5 Å². The van der Waals surface area contributed by atoms with Crippen molar-refractivity contribution < 1.29 is 14.4 Å². The Morgan fingerprint density at radius 3 is 2.68 bits per heavy atom. The second-order valence-corrected chi connectivity index (χ2v) is 7.16. The van der Waals surface area contributed by atoms with Gasteiger partial charge in [-0.1, -0.05) is 13.0 Å². The van der Waals surface area contributed by atoms with Gasteiger partial charge in [-0.05, 0) is 38.6 Å². The minimum atomic E-state index is -1.09. The van der Waals surface area contributed by atoms with E-state index in [2.05, 4.69) is 10.6 Å². The van der Waals surface area contributed by atoms with Gasteiger partial charge in [-0.2, -0.15) is 0 Å². The van der Waals surface area contributed by atoms with Crippen LogP contribution in [0.2, 0.25) is 0 Å². The molecule has 1 aromatic rings. The summed E-state index contributed by atoms with van der Waals surface area (Å²) in [5.74, 6) is -0.741. The van der Waals surface area contributed by atoms with Crippen molar-refractivity contribution in [2.45, 2.75) is 45.2 Å². The van der Waals surface area contributed by atoms with Gasteiger partial charge in [0.2, 0.25) is 5.91 Å². The average Bonchev–Trinajstić information content (AvgIpc) is 3.03. The van der Waals surface area contributed by atoms with Crippen LogP contribution < -0.4 is 10.6 Å². The number of rotatable bonds is 5. The lowest BCUT2D eigenvalue weighted by Crippen LogP contribution is -2.49. The molecule has 2 heterocycles. The van der Waals surface area contributed by atoms with Crippen LogP contribution in [-0.4, -0.2) is 34.8 Å². The van der Waals surface area contributed by atoms with Gasteiger partial charge in [0.1, 0.15) is 6.54 Å². The number of hydrogen-bond donors (Lipinski definition) is 2. The molecule has 6 nitrogen and oxygen atoms in total. The number of nitrogens with one attached hydrogen (secondary N) is 2. The Morgan fingerprint density at radius 1 is 1.45 bits per heavy atom. The van der Waals surface area contributed by atoms with Crippen LogP contribution in [0.15, 0.2) is 17.5 Å². The molecule has 0 radical (unpaired) electrons. The van der Waals surface area contributed by atoms with Crippen LogP contribution in [0.5, 0.6) is 0 Å². The SMILES string of the molecule is CCC(C)(C)NC(=O)CN1C(=O)NC(C)(c2cccs2)C1=O. The normalized spacial score (nSPS) is 21.9. The van der Waals surface area contributed by atoms with Crippen molar-refractivity contribution in [1.82, 2.24) is 15.5 Å². The second-order valence-electron chi connectivity index (χ2n) is 6.21. The monoisotopic (exact) mass is 323 g/mol. The van der Waals surface area contributed by atoms with E-state index in [1.165, 1.54) is 11.3 Å². The third-order valence-electron chi connectivity index (χ3n) is 3.95. The van der Waals surface area contributed by atoms with E-state index in [1.807, 2.05) is 32.2 Å². The lowest BCUT2D eigenvalue weighted by Gasteiger charge is -2.25. The van der Waals surface area contributed by atoms with Crippen molar-refractivity contribution in [1.29, 1.82) is 0 Å². The molecule has 1 fully saturated rings. The van der Waals surface area contributed by atoms with E-state index in [0.717, 1.165) is 16.2 Å². The summed E-state index contributed by atoms with van der Waals surface area (Å²) in [6.07, 6.45) is 0.756. The molecule has 1 aromatic heterocycles. The number of hydrogen-bond acceptors (Lipinski definition) is 4. The zero-order valence-electron chi connectivity index (χ0n) is 13.2. The summed E-state index contributed by atoms with van der Waals surface area (Å²) < 4.78 is 0. The molecular formula is C15H21N3O3S. The predicted octanol–water partition coefficient (Wildman–Crippen LogP) is 1.82. The summed E-state index contributed by atoms with van der Waals surface area (Å²) in [5.41, 5.74) is -1.46. The van der Waals surface area contributed by atoms with E-state index in [4.69, 9.17) is 0 Å². The molecule has 22 heavy (non-hydrogen) atoms. The van der Waals surface area contributed by atoms with E-state index >= 15 is 0 Å². The van der Waals surface area contributed by atoms with Gasteiger partial charge >= 0.3 is 6.03 Å². The molecule has 2 rings (SSSR count). The molecule has 120 valence electrons. The Kier molecular flexibility index (Phi) is 4.28. The van der Waals surface area contributed by atoms with Crippen LogP contribution in [0, 0.1) is 0 Å². The van der Waals surface area contributed by atoms with E-state index < -0.39 is 17.5 Å². The van der Waals surface area contributed by atoms with Crippen molar-refractivity contribution in [3.05, 3.63) is 22.4 Å². The Morgan fingerprint density at radius 2 is 2.14 bits per heavy atom. The van der Waals surface area contributed by atoms with Crippen molar-refractivity contribution in [2.75, 3.05) is 6.54 Å².